The van der Waals surface area contributed by atoms with Gasteiger partial charge in [-0.15, -0.1) is 0 Å². The number of hydrogen-bond acceptors (Lipinski definition) is 3. The van der Waals surface area contributed by atoms with E-state index in [9.17, 15) is 4.79 Å². The summed E-state index contributed by atoms with van der Waals surface area (Å²) in [6.45, 7) is 2.47. The molecule has 19 heavy (non-hydrogen) atoms. The molecule has 0 bridgehead atoms. The highest BCUT2D eigenvalue weighted by atomic mass is 127. The van der Waals surface area contributed by atoms with Crippen molar-refractivity contribution >= 4 is 40.0 Å². The Morgan fingerprint density at radius 2 is 2.21 bits per heavy atom. The number of H-pyrrole nitrogens is 2. The molecule has 0 aliphatic carbocycles. The summed E-state index contributed by atoms with van der Waals surface area (Å²) in [5, 5.41) is 2.83. The molecule has 0 unspecified atom stereocenters. The van der Waals surface area contributed by atoms with Gasteiger partial charge in [0.15, 0.2) is 5.95 Å². The molecule has 0 saturated heterocycles. The molecular weight excluding hydrogens is 357 g/mol. The van der Waals surface area contributed by atoms with E-state index in [1.807, 2.05) is 13.0 Å². The van der Waals surface area contributed by atoms with Gasteiger partial charge in [-0.3, -0.25) is 4.79 Å². The molecule has 5 N–H and O–H groups in total. The van der Waals surface area contributed by atoms with Crippen LogP contribution in [0.5, 0.6) is 0 Å². The quantitative estimate of drug-likeness (QED) is 0.572. The molecule has 0 saturated carbocycles. The number of fused-ring (bicyclic) bond motifs is 1. The number of aromatic nitrogens is 3. The molecule has 1 aliphatic heterocycles. The van der Waals surface area contributed by atoms with Crippen molar-refractivity contribution in [2.24, 2.45) is 0 Å². The second-order valence-corrected chi connectivity index (χ2v) is 5.40. The first-order valence-electron chi connectivity index (χ1n) is 5.75. The van der Waals surface area contributed by atoms with Crippen LogP contribution in [-0.4, -0.2) is 27.4 Å². The van der Waals surface area contributed by atoms with Crippen molar-refractivity contribution in [3.05, 3.63) is 38.5 Å². The van der Waals surface area contributed by atoms with Gasteiger partial charge in [0.2, 0.25) is 0 Å². The number of nitrogens with zero attached hydrogens (tertiary/aromatic N) is 1. The van der Waals surface area contributed by atoms with E-state index >= 15 is 0 Å². The largest absolute Gasteiger partial charge is 0.369 e. The number of aromatic amines is 2. The summed E-state index contributed by atoms with van der Waals surface area (Å²) in [6.07, 6.45) is 3.65. The lowest BCUT2D eigenvalue weighted by molar-refractivity contribution is 0.0954. The Kier molecular flexibility index (Phi) is 2.85. The maximum Gasteiger partial charge on any atom is 0.268 e. The van der Waals surface area contributed by atoms with Crippen molar-refractivity contribution in [3.63, 3.8) is 0 Å². The minimum Gasteiger partial charge on any atom is -0.369 e. The zero-order valence-electron chi connectivity index (χ0n) is 10.2. The fraction of sp³-hybridized carbons (Fsp3) is 0.167. The van der Waals surface area contributed by atoms with Gasteiger partial charge in [0.1, 0.15) is 5.69 Å². The zero-order chi connectivity index (χ0) is 13.6. The second-order valence-electron chi connectivity index (χ2n) is 4.32. The van der Waals surface area contributed by atoms with Crippen molar-refractivity contribution in [1.82, 2.24) is 20.3 Å². The number of carbonyl (C=O) groups excluding carboxylic acids is 1. The van der Waals surface area contributed by atoms with E-state index in [0.717, 1.165) is 26.1 Å². The normalized spacial score (nSPS) is 14.6. The Morgan fingerprint density at radius 3 is 2.89 bits per heavy atom. The molecule has 0 atom stereocenters. The van der Waals surface area contributed by atoms with E-state index in [-0.39, 0.29) is 5.91 Å². The van der Waals surface area contributed by atoms with Crippen LogP contribution in [0.3, 0.4) is 0 Å². The lowest BCUT2D eigenvalue weighted by Gasteiger charge is -2.05. The minimum absolute atomic E-state index is 0.0975. The monoisotopic (exact) mass is 369 g/mol. The number of carbonyl (C=O) groups is 1. The summed E-state index contributed by atoms with van der Waals surface area (Å²) >= 11 is 2.19. The zero-order valence-corrected chi connectivity index (χ0v) is 12.3. The van der Waals surface area contributed by atoms with Crippen LogP contribution in [0.2, 0.25) is 0 Å². The lowest BCUT2D eigenvalue weighted by Crippen LogP contribution is -2.22. The van der Waals surface area contributed by atoms with Crippen LogP contribution in [0, 0.1) is 10.6 Å². The number of amides is 1. The SMILES string of the molecule is Cc1c(I)[nH]c2c1C(c1cnc(N)[nH]1)=CCNC2=O. The van der Waals surface area contributed by atoms with Crippen molar-refractivity contribution in [3.8, 4) is 0 Å². The van der Waals surface area contributed by atoms with Crippen LogP contribution in [0.4, 0.5) is 5.95 Å². The Balaban J connectivity index is 2.24. The van der Waals surface area contributed by atoms with Crippen molar-refractivity contribution in [1.29, 1.82) is 0 Å². The third-order valence-corrected chi connectivity index (χ3v) is 4.22. The molecule has 98 valence electrons. The Hall–Kier alpha value is -1.77. The topological polar surface area (TPSA) is 99.6 Å². The number of halogens is 1. The molecule has 0 spiro atoms. The van der Waals surface area contributed by atoms with Gasteiger partial charge in [0, 0.05) is 17.7 Å². The number of nitrogen functional groups attached to an aromatic ring is 1. The third kappa shape index (κ3) is 1.93. The number of imidazole rings is 1. The van der Waals surface area contributed by atoms with E-state index < -0.39 is 0 Å². The van der Waals surface area contributed by atoms with Gasteiger partial charge in [-0.05, 0) is 35.1 Å². The number of nitrogens with two attached hydrogens (primary N) is 1. The van der Waals surface area contributed by atoms with Crippen LogP contribution >= 0.6 is 22.6 Å². The molecule has 1 amide bonds. The highest BCUT2D eigenvalue weighted by Crippen LogP contribution is 2.32. The van der Waals surface area contributed by atoms with E-state index in [1.54, 1.807) is 6.20 Å². The highest BCUT2D eigenvalue weighted by Gasteiger charge is 2.25. The van der Waals surface area contributed by atoms with E-state index in [4.69, 9.17) is 5.73 Å². The fourth-order valence-electron chi connectivity index (χ4n) is 2.22. The Bertz CT molecular complexity index is 697. The minimum atomic E-state index is -0.0975. The first kappa shape index (κ1) is 12.3. The second kappa shape index (κ2) is 4.41. The van der Waals surface area contributed by atoms with Crippen LogP contribution < -0.4 is 11.1 Å². The van der Waals surface area contributed by atoms with Gasteiger partial charge in [0.05, 0.1) is 15.6 Å². The van der Waals surface area contributed by atoms with Gasteiger partial charge in [-0.2, -0.15) is 0 Å². The molecule has 0 aromatic carbocycles. The maximum atomic E-state index is 12.0. The van der Waals surface area contributed by atoms with Gasteiger partial charge < -0.3 is 21.0 Å². The van der Waals surface area contributed by atoms with Crippen molar-refractivity contribution < 1.29 is 4.79 Å². The molecule has 0 fully saturated rings. The van der Waals surface area contributed by atoms with Crippen LogP contribution in [-0.2, 0) is 0 Å². The van der Waals surface area contributed by atoms with E-state index in [2.05, 4.69) is 42.9 Å². The third-order valence-electron chi connectivity index (χ3n) is 3.14. The van der Waals surface area contributed by atoms with Gasteiger partial charge in [-0.1, -0.05) is 6.08 Å². The van der Waals surface area contributed by atoms with E-state index in [0.29, 0.717) is 18.2 Å². The van der Waals surface area contributed by atoms with Gasteiger partial charge >= 0.3 is 0 Å². The molecule has 2 aromatic heterocycles. The molecule has 2 aromatic rings. The van der Waals surface area contributed by atoms with Crippen LogP contribution in [0.1, 0.15) is 27.3 Å². The molecule has 7 heteroatoms. The average molecular weight is 369 g/mol. The summed E-state index contributed by atoms with van der Waals surface area (Å²) in [5.41, 5.74) is 9.92. The highest BCUT2D eigenvalue weighted by molar-refractivity contribution is 14.1. The summed E-state index contributed by atoms with van der Waals surface area (Å²) < 4.78 is 0.957. The summed E-state index contributed by atoms with van der Waals surface area (Å²) in [5.74, 6) is 0.267. The molecule has 1 aliphatic rings. The average Bonchev–Trinajstić information content (AvgIpc) is 2.87. The first-order chi connectivity index (χ1) is 9.08. The van der Waals surface area contributed by atoms with E-state index in [1.165, 1.54) is 0 Å². The predicted octanol–water partition coefficient (Wildman–Crippen LogP) is 1.41. The number of rotatable bonds is 1. The molecule has 6 nitrogen and oxygen atoms in total. The Labute approximate surface area is 123 Å². The number of anilines is 1. The molecular formula is C12H12IN5O. The fourth-order valence-corrected chi connectivity index (χ4v) is 2.76. The van der Waals surface area contributed by atoms with Crippen molar-refractivity contribution in [2.75, 3.05) is 12.3 Å². The molecule has 3 heterocycles. The number of nitrogens with one attached hydrogen (secondary N) is 3. The van der Waals surface area contributed by atoms with Crippen LogP contribution in [0.25, 0.3) is 5.57 Å². The smallest absolute Gasteiger partial charge is 0.268 e. The van der Waals surface area contributed by atoms with Gasteiger partial charge in [-0.25, -0.2) is 4.98 Å². The number of hydrogen-bond donors (Lipinski definition) is 4. The Morgan fingerprint density at radius 1 is 1.42 bits per heavy atom. The summed E-state index contributed by atoms with van der Waals surface area (Å²) in [7, 11) is 0. The first-order valence-corrected chi connectivity index (χ1v) is 6.83. The standard InChI is InChI=1S/C12H12IN5O/c1-5-8-6(7-4-16-12(14)17-7)2-3-15-11(19)9(8)18-10(5)13/h2,4,18H,3H2,1H3,(H,15,19)(H3,14,16,17). The molecule has 0 radical (unpaired) electrons. The van der Waals surface area contributed by atoms with Crippen molar-refractivity contribution in [2.45, 2.75) is 6.92 Å². The summed E-state index contributed by atoms with van der Waals surface area (Å²) in [6, 6.07) is 0. The van der Waals surface area contributed by atoms with Gasteiger partial charge in [0.25, 0.3) is 5.91 Å². The predicted molar refractivity (Wildman–Crippen MR) is 80.7 cm³/mol. The maximum absolute atomic E-state index is 12.0. The molecule has 3 rings (SSSR count). The summed E-state index contributed by atoms with van der Waals surface area (Å²) in [4.78, 5) is 22.2. The lowest BCUT2D eigenvalue weighted by atomic mass is 10.00. The van der Waals surface area contributed by atoms with Crippen LogP contribution in [0.15, 0.2) is 12.3 Å².